The van der Waals surface area contributed by atoms with E-state index < -0.39 is 0 Å². The van der Waals surface area contributed by atoms with Crippen LogP contribution in [-0.2, 0) is 4.74 Å². The maximum Gasteiger partial charge on any atom is 0.271 e. The SMILES string of the molecule is Nc1cn[nH]c1C(=O)NCC1CCOCC1. The molecule has 1 aliphatic rings. The van der Waals surface area contributed by atoms with Crippen LogP contribution in [0.2, 0.25) is 0 Å². The number of anilines is 1. The van der Waals surface area contributed by atoms with Crippen LogP contribution in [0.3, 0.4) is 0 Å². The number of hydrogen-bond acceptors (Lipinski definition) is 4. The summed E-state index contributed by atoms with van der Waals surface area (Å²) >= 11 is 0. The number of aromatic amines is 1. The highest BCUT2D eigenvalue weighted by molar-refractivity contribution is 5.96. The van der Waals surface area contributed by atoms with E-state index in [1.807, 2.05) is 0 Å². The Kier molecular flexibility index (Phi) is 3.40. The van der Waals surface area contributed by atoms with Crippen molar-refractivity contribution in [3.05, 3.63) is 11.9 Å². The standard InChI is InChI=1S/C10H16N4O2/c11-8-6-13-14-9(8)10(15)12-5-7-1-3-16-4-2-7/h6-7H,1-5,11H2,(H,12,15)(H,13,14). The molecule has 1 aromatic heterocycles. The second-order valence-corrected chi connectivity index (χ2v) is 3.97. The van der Waals surface area contributed by atoms with Crippen LogP contribution in [0.5, 0.6) is 0 Å². The predicted octanol–water partition coefficient (Wildman–Crippen LogP) is 0.148. The van der Waals surface area contributed by atoms with Crippen molar-refractivity contribution in [2.24, 2.45) is 5.92 Å². The number of H-pyrrole nitrogens is 1. The third-order valence-electron chi connectivity index (χ3n) is 2.79. The zero-order valence-electron chi connectivity index (χ0n) is 9.03. The Morgan fingerprint density at radius 3 is 3.00 bits per heavy atom. The van der Waals surface area contributed by atoms with Crippen molar-refractivity contribution in [1.29, 1.82) is 0 Å². The summed E-state index contributed by atoms with van der Waals surface area (Å²) in [6.45, 7) is 2.24. The van der Waals surface area contributed by atoms with Gasteiger partial charge in [0.05, 0.1) is 11.9 Å². The van der Waals surface area contributed by atoms with Gasteiger partial charge >= 0.3 is 0 Å². The second-order valence-electron chi connectivity index (χ2n) is 3.97. The normalized spacial score (nSPS) is 17.2. The Morgan fingerprint density at radius 1 is 1.62 bits per heavy atom. The lowest BCUT2D eigenvalue weighted by atomic mass is 10.0. The first-order valence-electron chi connectivity index (χ1n) is 5.42. The molecule has 0 spiro atoms. The van der Waals surface area contributed by atoms with Gasteiger partial charge in [0.1, 0.15) is 5.69 Å². The number of nitrogens with one attached hydrogen (secondary N) is 2. The van der Waals surface area contributed by atoms with Gasteiger partial charge in [0.25, 0.3) is 5.91 Å². The Bertz CT molecular complexity index is 357. The summed E-state index contributed by atoms with van der Waals surface area (Å²) in [7, 11) is 0. The van der Waals surface area contributed by atoms with E-state index in [1.165, 1.54) is 6.20 Å². The van der Waals surface area contributed by atoms with Gasteiger partial charge in [-0.25, -0.2) is 0 Å². The fourth-order valence-electron chi connectivity index (χ4n) is 1.75. The van der Waals surface area contributed by atoms with Crippen LogP contribution >= 0.6 is 0 Å². The second kappa shape index (κ2) is 4.98. The van der Waals surface area contributed by atoms with Crippen molar-refractivity contribution in [1.82, 2.24) is 15.5 Å². The number of carbonyl (C=O) groups excluding carboxylic acids is 1. The summed E-state index contributed by atoms with van der Waals surface area (Å²) in [6, 6.07) is 0. The van der Waals surface area contributed by atoms with Gasteiger partial charge in [-0.05, 0) is 18.8 Å². The molecule has 0 atom stereocenters. The number of nitrogen functional groups attached to an aromatic ring is 1. The molecule has 6 heteroatoms. The quantitative estimate of drug-likeness (QED) is 0.681. The molecule has 16 heavy (non-hydrogen) atoms. The van der Waals surface area contributed by atoms with Crippen LogP contribution in [0.25, 0.3) is 0 Å². The molecule has 2 heterocycles. The molecule has 0 unspecified atom stereocenters. The topological polar surface area (TPSA) is 93.0 Å². The third-order valence-corrected chi connectivity index (χ3v) is 2.79. The number of ether oxygens (including phenoxy) is 1. The van der Waals surface area contributed by atoms with Gasteiger partial charge < -0.3 is 15.8 Å². The summed E-state index contributed by atoms with van der Waals surface area (Å²) in [5, 5.41) is 9.14. The predicted molar refractivity (Wildman–Crippen MR) is 58.9 cm³/mol. The van der Waals surface area contributed by atoms with Gasteiger partial charge in [0, 0.05) is 19.8 Å². The highest BCUT2D eigenvalue weighted by Crippen LogP contribution is 2.13. The zero-order chi connectivity index (χ0) is 11.4. The number of rotatable bonds is 3. The van der Waals surface area contributed by atoms with Crippen molar-refractivity contribution in [2.45, 2.75) is 12.8 Å². The average molecular weight is 224 g/mol. The average Bonchev–Trinajstić information content (AvgIpc) is 2.74. The Labute approximate surface area is 93.5 Å². The summed E-state index contributed by atoms with van der Waals surface area (Å²) in [4.78, 5) is 11.7. The van der Waals surface area contributed by atoms with Gasteiger partial charge in [-0.3, -0.25) is 9.89 Å². The lowest BCUT2D eigenvalue weighted by molar-refractivity contribution is 0.0642. The van der Waals surface area contributed by atoms with Crippen molar-refractivity contribution >= 4 is 11.6 Å². The molecule has 0 aromatic carbocycles. The van der Waals surface area contributed by atoms with Crippen LogP contribution in [0.1, 0.15) is 23.3 Å². The lowest BCUT2D eigenvalue weighted by Gasteiger charge is -2.21. The smallest absolute Gasteiger partial charge is 0.271 e. The van der Waals surface area contributed by atoms with E-state index in [0.29, 0.717) is 23.8 Å². The van der Waals surface area contributed by atoms with Crippen LogP contribution in [0, 0.1) is 5.92 Å². The van der Waals surface area contributed by atoms with Crippen LogP contribution < -0.4 is 11.1 Å². The minimum Gasteiger partial charge on any atom is -0.396 e. The first-order valence-corrected chi connectivity index (χ1v) is 5.42. The first kappa shape index (κ1) is 10.9. The molecule has 88 valence electrons. The monoisotopic (exact) mass is 224 g/mol. The molecule has 1 aromatic rings. The van der Waals surface area contributed by atoms with Gasteiger partial charge in [-0.15, -0.1) is 0 Å². The van der Waals surface area contributed by atoms with E-state index >= 15 is 0 Å². The molecule has 1 amide bonds. The number of amides is 1. The maximum atomic E-state index is 11.7. The van der Waals surface area contributed by atoms with E-state index in [2.05, 4.69) is 15.5 Å². The highest BCUT2D eigenvalue weighted by atomic mass is 16.5. The fourth-order valence-corrected chi connectivity index (χ4v) is 1.75. The van der Waals surface area contributed by atoms with E-state index in [4.69, 9.17) is 10.5 Å². The lowest BCUT2D eigenvalue weighted by Crippen LogP contribution is -2.32. The van der Waals surface area contributed by atoms with Gasteiger partial charge in [-0.2, -0.15) is 5.10 Å². The van der Waals surface area contributed by atoms with Gasteiger partial charge in [0.15, 0.2) is 0 Å². The molecule has 1 aliphatic heterocycles. The van der Waals surface area contributed by atoms with Crippen molar-refractivity contribution < 1.29 is 9.53 Å². The van der Waals surface area contributed by atoms with E-state index in [9.17, 15) is 4.79 Å². The minimum absolute atomic E-state index is 0.193. The van der Waals surface area contributed by atoms with E-state index in [-0.39, 0.29) is 5.91 Å². The number of hydrogen-bond donors (Lipinski definition) is 3. The van der Waals surface area contributed by atoms with Crippen molar-refractivity contribution in [3.8, 4) is 0 Å². The summed E-state index contributed by atoms with van der Waals surface area (Å²) in [5.41, 5.74) is 6.29. The molecule has 1 saturated heterocycles. The van der Waals surface area contributed by atoms with Crippen LogP contribution in [-0.4, -0.2) is 35.9 Å². The van der Waals surface area contributed by atoms with Crippen LogP contribution in [0.4, 0.5) is 5.69 Å². The Hall–Kier alpha value is -1.56. The molecule has 0 aliphatic carbocycles. The Balaban J connectivity index is 1.81. The molecule has 0 bridgehead atoms. The summed E-state index contributed by atoms with van der Waals surface area (Å²) in [6.07, 6.45) is 3.43. The highest BCUT2D eigenvalue weighted by Gasteiger charge is 2.16. The van der Waals surface area contributed by atoms with Crippen LogP contribution in [0.15, 0.2) is 6.20 Å². The van der Waals surface area contributed by atoms with E-state index in [0.717, 1.165) is 26.1 Å². The third kappa shape index (κ3) is 2.52. The Morgan fingerprint density at radius 2 is 2.38 bits per heavy atom. The van der Waals surface area contributed by atoms with Crippen molar-refractivity contribution in [3.63, 3.8) is 0 Å². The number of carbonyl (C=O) groups is 1. The van der Waals surface area contributed by atoms with E-state index in [1.54, 1.807) is 0 Å². The van der Waals surface area contributed by atoms with Crippen molar-refractivity contribution in [2.75, 3.05) is 25.5 Å². The van der Waals surface area contributed by atoms with Gasteiger partial charge in [0.2, 0.25) is 0 Å². The summed E-state index contributed by atoms with van der Waals surface area (Å²) < 4.78 is 5.25. The molecule has 1 fully saturated rings. The molecular weight excluding hydrogens is 208 g/mol. The number of nitrogens with zero attached hydrogens (tertiary/aromatic N) is 1. The molecule has 0 radical (unpaired) electrons. The molecular formula is C10H16N4O2. The number of aromatic nitrogens is 2. The largest absolute Gasteiger partial charge is 0.396 e. The zero-order valence-corrected chi connectivity index (χ0v) is 9.03. The molecule has 4 N–H and O–H groups in total. The number of nitrogens with two attached hydrogens (primary N) is 1. The minimum atomic E-state index is -0.193. The summed E-state index contributed by atoms with van der Waals surface area (Å²) in [5.74, 6) is 0.309. The first-order chi connectivity index (χ1) is 7.77. The molecule has 2 rings (SSSR count). The fraction of sp³-hybridized carbons (Fsp3) is 0.600. The maximum absolute atomic E-state index is 11.7. The van der Waals surface area contributed by atoms with Gasteiger partial charge in [-0.1, -0.05) is 0 Å². The molecule has 6 nitrogen and oxygen atoms in total. The molecule has 0 saturated carbocycles.